The van der Waals surface area contributed by atoms with Crippen LogP contribution in [0, 0.1) is 5.82 Å². The smallest absolute Gasteiger partial charge is 0.137 e. The highest BCUT2D eigenvalue weighted by Crippen LogP contribution is 2.29. The van der Waals surface area contributed by atoms with Gasteiger partial charge in [0.05, 0.1) is 16.2 Å². The van der Waals surface area contributed by atoms with Crippen LogP contribution in [0.3, 0.4) is 0 Å². The first kappa shape index (κ1) is 16.6. The number of aromatic nitrogens is 1. The van der Waals surface area contributed by atoms with E-state index in [1.165, 1.54) is 0 Å². The van der Waals surface area contributed by atoms with Crippen molar-refractivity contribution in [3.05, 3.63) is 50.1 Å². The van der Waals surface area contributed by atoms with Crippen molar-refractivity contribution in [2.45, 2.75) is 39.2 Å². The standard InChI is InChI=1S/C16H20BrFN2S/c1-4-7-19-15(11-5-6-12(17)13(18)8-11)16-20-14(9-21-16)10(2)3/h5-6,8-10,15,19H,4,7H2,1-3H3. The number of benzene rings is 1. The summed E-state index contributed by atoms with van der Waals surface area (Å²) in [7, 11) is 0. The Kier molecular flexibility index (Phi) is 5.90. The van der Waals surface area contributed by atoms with E-state index >= 15 is 0 Å². The number of nitrogens with one attached hydrogen (secondary N) is 1. The molecule has 2 rings (SSSR count). The Morgan fingerprint density at radius 3 is 2.71 bits per heavy atom. The molecule has 1 aromatic heterocycles. The minimum absolute atomic E-state index is 0.0509. The molecule has 0 saturated carbocycles. The number of rotatable bonds is 6. The molecule has 21 heavy (non-hydrogen) atoms. The molecule has 2 nitrogen and oxygen atoms in total. The van der Waals surface area contributed by atoms with Crippen LogP contribution in [0.15, 0.2) is 28.1 Å². The lowest BCUT2D eigenvalue weighted by Gasteiger charge is -2.17. The highest BCUT2D eigenvalue weighted by Gasteiger charge is 2.19. The van der Waals surface area contributed by atoms with Crippen molar-refractivity contribution < 1.29 is 4.39 Å². The van der Waals surface area contributed by atoms with Gasteiger partial charge in [-0.1, -0.05) is 26.8 Å². The van der Waals surface area contributed by atoms with E-state index in [1.807, 2.05) is 6.07 Å². The Labute approximate surface area is 137 Å². The van der Waals surface area contributed by atoms with Crippen LogP contribution in [-0.4, -0.2) is 11.5 Å². The molecule has 1 N–H and O–H groups in total. The van der Waals surface area contributed by atoms with E-state index in [1.54, 1.807) is 23.5 Å². The second-order valence-corrected chi connectivity index (χ2v) is 7.07. The third-order valence-electron chi connectivity index (χ3n) is 3.25. The molecule has 2 aromatic rings. The van der Waals surface area contributed by atoms with Gasteiger partial charge in [0.25, 0.3) is 0 Å². The number of nitrogens with zero attached hydrogens (tertiary/aromatic N) is 1. The zero-order valence-corrected chi connectivity index (χ0v) is 14.9. The molecule has 0 radical (unpaired) electrons. The average molecular weight is 371 g/mol. The molecule has 0 aliphatic heterocycles. The lowest BCUT2D eigenvalue weighted by atomic mass is 10.1. The zero-order chi connectivity index (χ0) is 15.4. The molecule has 1 aromatic carbocycles. The van der Waals surface area contributed by atoms with Gasteiger partial charge in [-0.25, -0.2) is 9.37 Å². The molecular weight excluding hydrogens is 351 g/mol. The summed E-state index contributed by atoms with van der Waals surface area (Å²) >= 11 is 4.84. The van der Waals surface area contributed by atoms with Gasteiger partial charge < -0.3 is 5.32 Å². The molecule has 1 unspecified atom stereocenters. The van der Waals surface area contributed by atoms with E-state index in [4.69, 9.17) is 4.98 Å². The highest BCUT2D eigenvalue weighted by molar-refractivity contribution is 9.10. The third-order valence-corrected chi connectivity index (χ3v) is 4.82. The van der Waals surface area contributed by atoms with Gasteiger partial charge in [-0.15, -0.1) is 11.3 Å². The number of thiazole rings is 1. The first-order chi connectivity index (χ1) is 10.0. The van der Waals surface area contributed by atoms with Crippen LogP contribution in [0.5, 0.6) is 0 Å². The van der Waals surface area contributed by atoms with Crippen LogP contribution < -0.4 is 5.32 Å². The number of halogens is 2. The van der Waals surface area contributed by atoms with Crippen molar-refractivity contribution in [3.8, 4) is 0 Å². The van der Waals surface area contributed by atoms with E-state index < -0.39 is 0 Å². The summed E-state index contributed by atoms with van der Waals surface area (Å²) in [6.07, 6.45) is 1.03. The fourth-order valence-electron chi connectivity index (χ4n) is 2.03. The van der Waals surface area contributed by atoms with Crippen molar-refractivity contribution in [2.75, 3.05) is 6.54 Å². The molecule has 0 fully saturated rings. The predicted molar refractivity (Wildman–Crippen MR) is 90.4 cm³/mol. The second kappa shape index (κ2) is 7.47. The van der Waals surface area contributed by atoms with Gasteiger partial charge in [0.15, 0.2) is 0 Å². The largest absolute Gasteiger partial charge is 0.304 e. The van der Waals surface area contributed by atoms with Crippen LogP contribution >= 0.6 is 27.3 Å². The summed E-state index contributed by atoms with van der Waals surface area (Å²) in [6.45, 7) is 7.26. The molecule has 0 aliphatic carbocycles. The van der Waals surface area contributed by atoms with E-state index in [0.29, 0.717) is 10.4 Å². The van der Waals surface area contributed by atoms with Gasteiger partial charge >= 0.3 is 0 Å². The average Bonchev–Trinajstić information content (AvgIpc) is 2.93. The molecule has 0 bridgehead atoms. The fraction of sp³-hybridized carbons (Fsp3) is 0.438. The van der Waals surface area contributed by atoms with Crippen LogP contribution in [0.1, 0.15) is 55.4 Å². The van der Waals surface area contributed by atoms with Crippen LogP contribution in [0.25, 0.3) is 0 Å². The summed E-state index contributed by atoms with van der Waals surface area (Å²) in [6, 6.07) is 5.22. The molecule has 114 valence electrons. The lowest BCUT2D eigenvalue weighted by molar-refractivity contribution is 0.579. The zero-order valence-electron chi connectivity index (χ0n) is 12.5. The summed E-state index contributed by atoms with van der Waals surface area (Å²) < 4.78 is 14.3. The number of hydrogen-bond acceptors (Lipinski definition) is 3. The Bertz CT molecular complexity index is 598. The third kappa shape index (κ3) is 4.11. The predicted octanol–water partition coefficient (Wildman–Crippen LogP) is 5.26. The first-order valence-electron chi connectivity index (χ1n) is 7.16. The Morgan fingerprint density at radius 2 is 2.14 bits per heavy atom. The topological polar surface area (TPSA) is 24.9 Å². The Balaban J connectivity index is 2.34. The SMILES string of the molecule is CCCNC(c1ccc(Br)c(F)c1)c1nc(C(C)C)cs1. The minimum Gasteiger partial charge on any atom is -0.304 e. The van der Waals surface area contributed by atoms with E-state index in [9.17, 15) is 4.39 Å². The van der Waals surface area contributed by atoms with E-state index in [0.717, 1.165) is 29.2 Å². The molecule has 0 amide bonds. The van der Waals surface area contributed by atoms with Crippen molar-refractivity contribution in [3.63, 3.8) is 0 Å². The Morgan fingerprint density at radius 1 is 1.38 bits per heavy atom. The number of hydrogen-bond donors (Lipinski definition) is 1. The Hall–Kier alpha value is -0.780. The van der Waals surface area contributed by atoms with Gasteiger partial charge in [0.1, 0.15) is 10.8 Å². The van der Waals surface area contributed by atoms with Crippen molar-refractivity contribution >= 4 is 27.3 Å². The minimum atomic E-state index is -0.239. The molecule has 5 heteroatoms. The summed E-state index contributed by atoms with van der Waals surface area (Å²) in [5, 5.41) is 6.55. The van der Waals surface area contributed by atoms with E-state index in [-0.39, 0.29) is 11.9 Å². The maximum absolute atomic E-state index is 13.8. The van der Waals surface area contributed by atoms with Crippen molar-refractivity contribution in [1.29, 1.82) is 0 Å². The van der Waals surface area contributed by atoms with E-state index in [2.05, 4.69) is 47.4 Å². The second-order valence-electron chi connectivity index (χ2n) is 5.33. The van der Waals surface area contributed by atoms with Crippen molar-refractivity contribution in [1.82, 2.24) is 10.3 Å². The first-order valence-corrected chi connectivity index (χ1v) is 8.83. The monoisotopic (exact) mass is 370 g/mol. The highest BCUT2D eigenvalue weighted by atomic mass is 79.9. The quantitative estimate of drug-likeness (QED) is 0.750. The van der Waals surface area contributed by atoms with Gasteiger partial charge in [0.2, 0.25) is 0 Å². The normalized spacial score (nSPS) is 12.9. The molecular formula is C16H20BrFN2S. The molecule has 0 spiro atoms. The van der Waals surface area contributed by atoms with Gasteiger partial charge in [-0.05, 0) is 52.5 Å². The fourth-order valence-corrected chi connectivity index (χ4v) is 3.35. The molecule has 0 aliphatic rings. The molecule has 1 heterocycles. The van der Waals surface area contributed by atoms with Crippen LogP contribution in [-0.2, 0) is 0 Å². The van der Waals surface area contributed by atoms with Gasteiger partial charge in [-0.3, -0.25) is 0 Å². The van der Waals surface area contributed by atoms with Crippen LogP contribution in [0.4, 0.5) is 4.39 Å². The van der Waals surface area contributed by atoms with Gasteiger partial charge in [0, 0.05) is 5.38 Å². The molecule has 1 atom stereocenters. The molecule has 0 saturated heterocycles. The van der Waals surface area contributed by atoms with Crippen LogP contribution in [0.2, 0.25) is 0 Å². The lowest BCUT2D eigenvalue weighted by Crippen LogP contribution is -2.23. The van der Waals surface area contributed by atoms with Gasteiger partial charge in [-0.2, -0.15) is 0 Å². The maximum atomic E-state index is 13.8. The van der Waals surface area contributed by atoms with Crippen molar-refractivity contribution in [2.24, 2.45) is 0 Å². The summed E-state index contributed by atoms with van der Waals surface area (Å²) in [5.74, 6) is 0.167. The summed E-state index contributed by atoms with van der Waals surface area (Å²) in [4.78, 5) is 4.71. The maximum Gasteiger partial charge on any atom is 0.137 e. The summed E-state index contributed by atoms with van der Waals surface area (Å²) in [5.41, 5.74) is 2.00.